The fourth-order valence-corrected chi connectivity index (χ4v) is 5.46. The average molecular weight is 464 g/mol. The molecule has 1 N–H and O–H groups in total. The van der Waals surface area contributed by atoms with Crippen molar-refractivity contribution in [2.75, 3.05) is 5.75 Å². The molecule has 2 aromatic carbocycles. The quantitative estimate of drug-likeness (QED) is 0.450. The van der Waals surface area contributed by atoms with E-state index in [2.05, 4.69) is 5.32 Å². The van der Waals surface area contributed by atoms with Crippen molar-refractivity contribution >= 4 is 37.7 Å². The monoisotopic (exact) mass is 463 g/mol. The van der Waals surface area contributed by atoms with Gasteiger partial charge < -0.3 is 14.2 Å². The summed E-state index contributed by atoms with van der Waals surface area (Å²) in [6, 6.07) is 13.0. The second kappa shape index (κ2) is 8.04. The van der Waals surface area contributed by atoms with E-state index in [1.807, 2.05) is 43.3 Å². The summed E-state index contributed by atoms with van der Waals surface area (Å²) in [5.74, 6) is -0.461. The van der Waals surface area contributed by atoms with Crippen LogP contribution >= 0.6 is 0 Å². The van der Waals surface area contributed by atoms with Crippen LogP contribution in [0.4, 0.5) is 0 Å². The first-order chi connectivity index (χ1) is 15.8. The van der Waals surface area contributed by atoms with Gasteiger partial charge in [-0.25, -0.2) is 13.2 Å². The van der Waals surface area contributed by atoms with E-state index in [4.69, 9.17) is 8.83 Å². The molecule has 168 valence electrons. The molecule has 1 atom stereocenters. The van der Waals surface area contributed by atoms with Crippen LogP contribution in [0.5, 0.6) is 0 Å². The van der Waals surface area contributed by atoms with E-state index in [-0.39, 0.29) is 24.5 Å². The van der Waals surface area contributed by atoms with Gasteiger partial charge in [-0.3, -0.25) is 4.79 Å². The van der Waals surface area contributed by atoms with Crippen LogP contribution in [0.3, 0.4) is 0 Å². The van der Waals surface area contributed by atoms with E-state index in [0.29, 0.717) is 16.7 Å². The van der Waals surface area contributed by atoms with Crippen LogP contribution in [0.2, 0.25) is 0 Å². The van der Waals surface area contributed by atoms with Gasteiger partial charge in [0.05, 0.1) is 18.1 Å². The number of sulfone groups is 1. The van der Waals surface area contributed by atoms with Crippen LogP contribution in [0.25, 0.3) is 33.1 Å². The number of carbonyl (C=O) groups is 1. The maximum absolute atomic E-state index is 12.6. The number of fused-ring (bicyclic) bond motifs is 2. The minimum absolute atomic E-state index is 0.0463. The van der Waals surface area contributed by atoms with E-state index < -0.39 is 21.5 Å². The molecular weight excluding hydrogens is 442 g/mol. The maximum atomic E-state index is 12.6. The van der Waals surface area contributed by atoms with E-state index in [1.54, 1.807) is 12.3 Å². The molecule has 0 aliphatic carbocycles. The summed E-state index contributed by atoms with van der Waals surface area (Å²) in [5, 5.41) is 5.47. The number of nitrogens with one attached hydrogen (secondary N) is 1. The summed E-state index contributed by atoms with van der Waals surface area (Å²) < 4.78 is 34.3. The molecule has 3 heterocycles. The Morgan fingerprint density at radius 3 is 2.64 bits per heavy atom. The molecule has 0 saturated heterocycles. The van der Waals surface area contributed by atoms with E-state index in [0.717, 1.165) is 32.9 Å². The van der Waals surface area contributed by atoms with Crippen molar-refractivity contribution in [2.45, 2.75) is 25.8 Å². The van der Waals surface area contributed by atoms with Crippen LogP contribution < -0.4 is 10.9 Å². The number of amides is 1. The van der Waals surface area contributed by atoms with E-state index in [1.165, 1.54) is 6.08 Å². The molecule has 0 fully saturated rings. The summed E-state index contributed by atoms with van der Waals surface area (Å²) in [6.07, 6.45) is 3.39. The Kier molecular flexibility index (Phi) is 5.17. The zero-order valence-electron chi connectivity index (χ0n) is 17.8. The Balaban J connectivity index is 1.44. The lowest BCUT2D eigenvalue weighted by molar-refractivity contribution is -0.121. The standard InChI is InChI=1S/C25H21NO6S/c1-15-18(7-8-24(27)26-17-9-10-33(29,30)14-17)25(28)32-23-12-22-20(11-19(15)23)21(13-31-22)16-5-3-2-4-6-16/h2-6,9-13,17H,7-8,14H2,1H3,(H,26,27)/t17-/m0/s1. The highest BCUT2D eigenvalue weighted by atomic mass is 32.2. The first-order valence-electron chi connectivity index (χ1n) is 10.5. The molecule has 0 unspecified atom stereocenters. The molecule has 33 heavy (non-hydrogen) atoms. The average Bonchev–Trinajstić information content (AvgIpc) is 3.35. The van der Waals surface area contributed by atoms with Crippen molar-refractivity contribution in [3.8, 4) is 11.1 Å². The highest BCUT2D eigenvalue weighted by Crippen LogP contribution is 2.34. The predicted octanol–water partition coefficient (Wildman–Crippen LogP) is 3.87. The summed E-state index contributed by atoms with van der Waals surface area (Å²) >= 11 is 0. The zero-order chi connectivity index (χ0) is 23.2. The van der Waals surface area contributed by atoms with Gasteiger partial charge in [-0.05, 0) is 36.6 Å². The minimum Gasteiger partial charge on any atom is -0.464 e. The topological polar surface area (TPSA) is 107 Å². The first-order valence-corrected chi connectivity index (χ1v) is 12.3. The summed E-state index contributed by atoms with van der Waals surface area (Å²) in [7, 11) is -3.25. The summed E-state index contributed by atoms with van der Waals surface area (Å²) in [4.78, 5) is 25.0. The van der Waals surface area contributed by atoms with Crippen molar-refractivity contribution < 1.29 is 22.0 Å². The van der Waals surface area contributed by atoms with Gasteiger partial charge >= 0.3 is 5.63 Å². The molecule has 0 spiro atoms. The van der Waals surface area contributed by atoms with Gasteiger partial charge in [0.25, 0.3) is 0 Å². The van der Waals surface area contributed by atoms with Crippen LogP contribution in [-0.4, -0.2) is 26.1 Å². The van der Waals surface area contributed by atoms with Gasteiger partial charge in [0, 0.05) is 39.8 Å². The van der Waals surface area contributed by atoms with Crippen LogP contribution in [-0.2, 0) is 21.1 Å². The fraction of sp³-hybridized carbons (Fsp3) is 0.200. The molecule has 4 aromatic rings. The molecular formula is C25H21NO6S. The third kappa shape index (κ3) is 4.09. The Morgan fingerprint density at radius 1 is 1.12 bits per heavy atom. The van der Waals surface area contributed by atoms with E-state index >= 15 is 0 Å². The van der Waals surface area contributed by atoms with Crippen molar-refractivity contribution in [3.05, 3.63) is 81.8 Å². The number of hydrogen-bond donors (Lipinski definition) is 1. The molecule has 5 rings (SSSR count). The second-order valence-electron chi connectivity index (χ2n) is 8.19. The molecule has 1 aliphatic heterocycles. The number of aryl methyl sites for hydroxylation is 1. The molecule has 0 radical (unpaired) electrons. The lowest BCUT2D eigenvalue weighted by Crippen LogP contribution is -2.35. The van der Waals surface area contributed by atoms with Crippen LogP contribution in [0.1, 0.15) is 17.5 Å². The van der Waals surface area contributed by atoms with Gasteiger partial charge in [-0.15, -0.1) is 0 Å². The second-order valence-corrected chi connectivity index (χ2v) is 10.1. The highest BCUT2D eigenvalue weighted by Gasteiger charge is 2.23. The lowest BCUT2D eigenvalue weighted by atomic mass is 9.99. The van der Waals surface area contributed by atoms with Gasteiger partial charge in [-0.1, -0.05) is 30.3 Å². The van der Waals surface area contributed by atoms with Gasteiger partial charge in [0.2, 0.25) is 5.91 Å². The van der Waals surface area contributed by atoms with E-state index in [9.17, 15) is 18.0 Å². The zero-order valence-corrected chi connectivity index (χ0v) is 18.6. The van der Waals surface area contributed by atoms with Crippen molar-refractivity contribution in [1.29, 1.82) is 0 Å². The summed E-state index contributed by atoms with van der Waals surface area (Å²) in [6.45, 7) is 1.84. The molecule has 0 bridgehead atoms. The third-order valence-electron chi connectivity index (χ3n) is 5.94. The lowest BCUT2D eigenvalue weighted by Gasteiger charge is -2.11. The normalized spacial score (nSPS) is 17.1. The van der Waals surface area contributed by atoms with Crippen molar-refractivity contribution in [3.63, 3.8) is 0 Å². The van der Waals surface area contributed by atoms with Crippen molar-refractivity contribution in [2.24, 2.45) is 0 Å². The minimum atomic E-state index is -3.25. The van der Waals surface area contributed by atoms with Crippen LogP contribution in [0, 0.1) is 6.92 Å². The number of benzene rings is 2. The van der Waals surface area contributed by atoms with Crippen LogP contribution in [0.15, 0.2) is 73.8 Å². The number of carbonyl (C=O) groups excluding carboxylic acids is 1. The number of rotatable bonds is 5. The molecule has 1 amide bonds. The predicted molar refractivity (Wildman–Crippen MR) is 126 cm³/mol. The molecule has 1 aliphatic rings. The Labute approximate surface area is 189 Å². The Bertz CT molecular complexity index is 1580. The smallest absolute Gasteiger partial charge is 0.339 e. The number of hydrogen-bond acceptors (Lipinski definition) is 6. The molecule has 0 saturated carbocycles. The molecule has 8 heteroatoms. The maximum Gasteiger partial charge on any atom is 0.339 e. The van der Waals surface area contributed by atoms with Gasteiger partial charge in [-0.2, -0.15) is 0 Å². The largest absolute Gasteiger partial charge is 0.464 e. The SMILES string of the molecule is Cc1c(CCC(=O)N[C@H]2C=CS(=O)(=O)C2)c(=O)oc2cc3occ(-c4ccccc4)c3cc12. The molecule has 2 aromatic heterocycles. The number of furan rings is 1. The Hall–Kier alpha value is -3.65. The third-order valence-corrected chi connectivity index (χ3v) is 7.34. The summed E-state index contributed by atoms with van der Waals surface area (Å²) in [5.41, 5.74) is 3.69. The fourth-order valence-electron chi connectivity index (χ4n) is 4.22. The molecule has 7 nitrogen and oxygen atoms in total. The van der Waals surface area contributed by atoms with Gasteiger partial charge in [0.15, 0.2) is 9.84 Å². The highest BCUT2D eigenvalue weighted by molar-refractivity contribution is 7.94. The first kappa shape index (κ1) is 21.2. The Morgan fingerprint density at radius 2 is 1.91 bits per heavy atom. The van der Waals surface area contributed by atoms with Crippen molar-refractivity contribution in [1.82, 2.24) is 5.32 Å². The van der Waals surface area contributed by atoms with Gasteiger partial charge in [0.1, 0.15) is 11.2 Å².